The molecule has 0 saturated carbocycles. The van der Waals surface area contributed by atoms with E-state index in [1.165, 1.54) is 347 Å². The van der Waals surface area contributed by atoms with Crippen molar-refractivity contribution in [1.29, 1.82) is 0 Å². The minimum atomic E-state index is -0.662. The molecule has 0 rings (SSSR count). The number of ether oxygens (including phenoxy) is 1. The molecular formula is C79H151NO5. The number of aliphatic hydroxyl groups is 2. The highest BCUT2D eigenvalue weighted by Gasteiger charge is 2.20. The van der Waals surface area contributed by atoms with Gasteiger partial charge in [0.1, 0.15) is 0 Å². The van der Waals surface area contributed by atoms with Crippen LogP contribution in [-0.2, 0) is 14.3 Å². The van der Waals surface area contributed by atoms with E-state index in [1.807, 2.05) is 0 Å². The van der Waals surface area contributed by atoms with Crippen LogP contribution in [0.4, 0.5) is 0 Å². The smallest absolute Gasteiger partial charge is 0.305 e. The Morgan fingerprint density at radius 1 is 0.329 bits per heavy atom. The van der Waals surface area contributed by atoms with E-state index in [0.717, 1.165) is 51.4 Å². The molecule has 0 spiro atoms. The molecule has 2 unspecified atom stereocenters. The van der Waals surface area contributed by atoms with E-state index >= 15 is 0 Å². The van der Waals surface area contributed by atoms with Crippen LogP contribution in [0.25, 0.3) is 0 Å². The molecule has 1 amide bonds. The van der Waals surface area contributed by atoms with Crippen LogP contribution in [0.15, 0.2) is 36.5 Å². The van der Waals surface area contributed by atoms with Crippen LogP contribution in [0.1, 0.15) is 431 Å². The van der Waals surface area contributed by atoms with E-state index in [1.54, 1.807) is 0 Å². The summed E-state index contributed by atoms with van der Waals surface area (Å²) < 4.78 is 5.51. The number of aliphatic hydroxyl groups excluding tert-OH is 2. The van der Waals surface area contributed by atoms with Gasteiger partial charge in [-0.05, 0) is 83.5 Å². The van der Waals surface area contributed by atoms with E-state index in [2.05, 4.69) is 55.6 Å². The van der Waals surface area contributed by atoms with Gasteiger partial charge >= 0.3 is 5.97 Å². The predicted molar refractivity (Wildman–Crippen MR) is 375 cm³/mol. The number of esters is 1. The zero-order valence-electron chi connectivity index (χ0n) is 57.6. The second-order valence-corrected chi connectivity index (χ2v) is 26.7. The Morgan fingerprint density at radius 3 is 0.918 bits per heavy atom. The lowest BCUT2D eigenvalue weighted by atomic mass is 10.0. The van der Waals surface area contributed by atoms with Crippen molar-refractivity contribution >= 4 is 11.9 Å². The average molecular weight is 1200 g/mol. The van der Waals surface area contributed by atoms with E-state index < -0.39 is 12.1 Å². The standard InChI is InChI=1S/C79H151NO5/c1-3-5-7-9-11-13-15-17-19-20-41-45-49-53-57-61-65-69-73-79(84)85-74-70-66-62-58-54-50-46-42-39-37-35-33-31-29-27-25-23-21-22-24-26-28-30-32-34-36-38-40-44-48-52-56-60-64-68-72-78(83)80-76(75-81)77(82)71-67-63-59-55-51-47-43-18-16-14-12-10-8-6-4-2/h13,15,19-20,23,25,76-77,81-82H,3-12,14,16-18,21-22,24,26-75H2,1-2H3,(H,80,83)/b15-13-,20-19-,25-23-. The highest BCUT2D eigenvalue weighted by atomic mass is 16.5. The molecule has 0 aromatic heterocycles. The van der Waals surface area contributed by atoms with E-state index in [9.17, 15) is 19.8 Å². The van der Waals surface area contributed by atoms with Crippen LogP contribution >= 0.6 is 0 Å². The van der Waals surface area contributed by atoms with Crippen LogP contribution in [0.3, 0.4) is 0 Å². The summed E-state index contributed by atoms with van der Waals surface area (Å²) in [4.78, 5) is 24.6. The Bertz CT molecular complexity index is 1380. The van der Waals surface area contributed by atoms with Gasteiger partial charge in [-0.25, -0.2) is 0 Å². The molecule has 0 heterocycles. The molecular weight excluding hydrogens is 1040 g/mol. The van der Waals surface area contributed by atoms with Crippen molar-refractivity contribution in [2.24, 2.45) is 0 Å². The van der Waals surface area contributed by atoms with Crippen molar-refractivity contribution < 1.29 is 24.5 Å². The number of nitrogens with one attached hydrogen (secondary N) is 1. The number of hydrogen-bond donors (Lipinski definition) is 3. The fourth-order valence-corrected chi connectivity index (χ4v) is 12.3. The first-order valence-corrected chi connectivity index (χ1v) is 38.7. The zero-order chi connectivity index (χ0) is 61.3. The predicted octanol–water partition coefficient (Wildman–Crippen LogP) is 25.4. The van der Waals surface area contributed by atoms with Crippen molar-refractivity contribution in [3.63, 3.8) is 0 Å². The first-order valence-electron chi connectivity index (χ1n) is 38.7. The van der Waals surface area contributed by atoms with E-state index in [-0.39, 0.29) is 18.5 Å². The van der Waals surface area contributed by atoms with Gasteiger partial charge in [-0.15, -0.1) is 0 Å². The Morgan fingerprint density at radius 2 is 0.588 bits per heavy atom. The monoisotopic (exact) mass is 1190 g/mol. The molecule has 6 nitrogen and oxygen atoms in total. The van der Waals surface area contributed by atoms with Gasteiger partial charge in [-0.3, -0.25) is 9.59 Å². The van der Waals surface area contributed by atoms with Gasteiger partial charge in [0.2, 0.25) is 5.91 Å². The summed E-state index contributed by atoms with van der Waals surface area (Å²) in [6.07, 6.45) is 96.6. The fraction of sp³-hybridized carbons (Fsp3) is 0.899. The average Bonchev–Trinajstić information content (AvgIpc) is 3.52. The number of hydrogen-bond acceptors (Lipinski definition) is 5. The summed E-state index contributed by atoms with van der Waals surface area (Å²) >= 11 is 0. The molecule has 0 bridgehead atoms. The molecule has 2 atom stereocenters. The molecule has 0 aromatic rings. The SMILES string of the molecule is CCCCCC/C=C\C/C=C\CCCCCCCCCC(=O)OCCCCCCCCCCCCCCCC/C=C\CCCCCCCCCCCCCCCCCCCC(=O)NC(CO)C(O)CCCCCCCCCCCCCCCCC. The third kappa shape index (κ3) is 71.0. The second kappa shape index (κ2) is 74.5. The molecule has 502 valence electrons. The maximum absolute atomic E-state index is 12.5. The lowest BCUT2D eigenvalue weighted by Crippen LogP contribution is -2.45. The molecule has 3 N–H and O–H groups in total. The largest absolute Gasteiger partial charge is 0.466 e. The first-order chi connectivity index (χ1) is 42.0. The van der Waals surface area contributed by atoms with Crippen LogP contribution in [0.5, 0.6) is 0 Å². The van der Waals surface area contributed by atoms with Crippen LogP contribution < -0.4 is 5.32 Å². The minimum Gasteiger partial charge on any atom is -0.466 e. The van der Waals surface area contributed by atoms with Crippen molar-refractivity contribution in [1.82, 2.24) is 5.32 Å². The lowest BCUT2D eigenvalue weighted by molar-refractivity contribution is -0.143. The maximum Gasteiger partial charge on any atom is 0.305 e. The molecule has 0 aliphatic carbocycles. The zero-order valence-corrected chi connectivity index (χ0v) is 57.6. The molecule has 0 radical (unpaired) electrons. The highest BCUT2D eigenvalue weighted by molar-refractivity contribution is 5.76. The molecule has 0 aromatic carbocycles. The Balaban J connectivity index is 3.33. The topological polar surface area (TPSA) is 95.9 Å². The normalized spacial score (nSPS) is 12.7. The summed E-state index contributed by atoms with van der Waals surface area (Å²) in [5.41, 5.74) is 0. The minimum absolute atomic E-state index is 0.0134. The number of unbranched alkanes of at least 4 members (excludes halogenated alkanes) is 56. The number of carbonyl (C=O) groups excluding carboxylic acids is 2. The van der Waals surface area contributed by atoms with E-state index in [0.29, 0.717) is 25.9 Å². The highest BCUT2D eigenvalue weighted by Crippen LogP contribution is 2.19. The van der Waals surface area contributed by atoms with Gasteiger partial charge in [0.25, 0.3) is 0 Å². The van der Waals surface area contributed by atoms with Crippen molar-refractivity contribution in [2.75, 3.05) is 13.2 Å². The van der Waals surface area contributed by atoms with Gasteiger partial charge < -0.3 is 20.3 Å². The lowest BCUT2D eigenvalue weighted by Gasteiger charge is -2.22. The summed E-state index contributed by atoms with van der Waals surface area (Å²) in [7, 11) is 0. The Labute approximate surface area is 532 Å². The number of amides is 1. The third-order valence-corrected chi connectivity index (χ3v) is 18.2. The van der Waals surface area contributed by atoms with Crippen LogP contribution in [0.2, 0.25) is 0 Å². The summed E-state index contributed by atoms with van der Waals surface area (Å²) in [6, 6.07) is -0.539. The molecule has 85 heavy (non-hydrogen) atoms. The molecule has 0 aliphatic rings. The molecule has 0 fully saturated rings. The molecule has 0 saturated heterocycles. The Kier molecular flexibility index (Phi) is 72.9. The van der Waals surface area contributed by atoms with Crippen LogP contribution in [0, 0.1) is 0 Å². The summed E-state index contributed by atoms with van der Waals surface area (Å²) in [5.74, 6) is -0.0148. The number of rotatable bonds is 73. The van der Waals surface area contributed by atoms with E-state index in [4.69, 9.17) is 4.74 Å². The van der Waals surface area contributed by atoms with Gasteiger partial charge in [-0.1, -0.05) is 371 Å². The summed E-state index contributed by atoms with van der Waals surface area (Å²) in [5, 5.41) is 23.4. The maximum atomic E-state index is 12.5. The van der Waals surface area contributed by atoms with Gasteiger partial charge in [0.05, 0.1) is 25.4 Å². The number of allylic oxidation sites excluding steroid dienone is 6. The number of carbonyl (C=O) groups is 2. The van der Waals surface area contributed by atoms with Gasteiger partial charge in [0.15, 0.2) is 0 Å². The van der Waals surface area contributed by atoms with Gasteiger partial charge in [-0.2, -0.15) is 0 Å². The Hall–Kier alpha value is -1.92. The second-order valence-electron chi connectivity index (χ2n) is 26.7. The fourth-order valence-electron chi connectivity index (χ4n) is 12.3. The molecule has 0 aliphatic heterocycles. The first kappa shape index (κ1) is 83.1. The van der Waals surface area contributed by atoms with Crippen LogP contribution in [-0.4, -0.2) is 47.4 Å². The summed E-state index contributed by atoms with van der Waals surface area (Å²) in [6.45, 7) is 4.97. The van der Waals surface area contributed by atoms with Crippen molar-refractivity contribution in [3.05, 3.63) is 36.5 Å². The molecule has 6 heteroatoms. The third-order valence-electron chi connectivity index (χ3n) is 18.2. The van der Waals surface area contributed by atoms with Crippen molar-refractivity contribution in [3.8, 4) is 0 Å². The van der Waals surface area contributed by atoms with Crippen molar-refractivity contribution in [2.45, 2.75) is 443 Å². The quantitative estimate of drug-likeness (QED) is 0.0320. The van der Waals surface area contributed by atoms with Gasteiger partial charge in [0, 0.05) is 12.8 Å².